The Labute approximate surface area is 124 Å². The fourth-order valence-electron chi connectivity index (χ4n) is 2.39. The molecule has 1 aromatic carbocycles. The molecule has 0 radical (unpaired) electrons. The van der Waals surface area contributed by atoms with Crippen LogP contribution in [0.15, 0.2) is 36.5 Å². The summed E-state index contributed by atoms with van der Waals surface area (Å²) in [6, 6.07) is 8.94. The lowest BCUT2D eigenvalue weighted by Crippen LogP contribution is -2.51. The van der Waals surface area contributed by atoms with Crippen LogP contribution < -0.4 is 0 Å². The van der Waals surface area contributed by atoms with Crippen LogP contribution in [0.5, 0.6) is 0 Å². The Morgan fingerprint density at radius 3 is 2.73 bits per heavy atom. The fraction of sp³-hybridized carbons (Fsp3) is 0.333. The van der Waals surface area contributed by atoms with Crippen LogP contribution in [0.4, 0.5) is 13.2 Å². The zero-order valence-electron chi connectivity index (χ0n) is 11.5. The molecule has 1 atom stereocenters. The van der Waals surface area contributed by atoms with Crippen molar-refractivity contribution in [3.05, 3.63) is 42.2 Å². The van der Waals surface area contributed by atoms with Gasteiger partial charge in [-0.05, 0) is 11.5 Å². The largest absolute Gasteiger partial charge is 0.416 e. The van der Waals surface area contributed by atoms with E-state index < -0.39 is 24.7 Å². The highest BCUT2D eigenvalue weighted by atomic mass is 19.4. The van der Waals surface area contributed by atoms with Gasteiger partial charge < -0.3 is 9.64 Å². The number of carbonyl (C=O) groups is 1. The quantitative estimate of drug-likeness (QED) is 0.813. The Morgan fingerprint density at radius 1 is 1.27 bits per heavy atom. The second-order valence-electron chi connectivity index (χ2n) is 5.07. The summed E-state index contributed by atoms with van der Waals surface area (Å²) in [5.41, 5.74) is 0.140. The summed E-state index contributed by atoms with van der Waals surface area (Å²) in [7, 11) is 0. The number of amides is 1. The van der Waals surface area contributed by atoms with Gasteiger partial charge >= 0.3 is 6.18 Å². The molecule has 4 nitrogen and oxygen atoms in total. The van der Waals surface area contributed by atoms with Crippen molar-refractivity contribution in [3.8, 4) is 0 Å². The van der Waals surface area contributed by atoms with Crippen molar-refractivity contribution in [2.45, 2.75) is 12.3 Å². The highest BCUT2D eigenvalue weighted by molar-refractivity contribution is 5.96. The lowest BCUT2D eigenvalue weighted by atomic mass is 10.1. The molecule has 1 amide bonds. The molecule has 2 heterocycles. The molecule has 3 rings (SSSR count). The normalized spacial score (nSPS) is 19.4. The first-order valence-corrected chi connectivity index (χ1v) is 6.77. The van der Waals surface area contributed by atoms with Crippen LogP contribution in [0.1, 0.15) is 10.5 Å². The highest BCUT2D eigenvalue weighted by Crippen LogP contribution is 2.26. The number of carbonyl (C=O) groups excluding carboxylic acids is 1. The Hall–Kier alpha value is -2.15. The molecule has 0 unspecified atom stereocenters. The van der Waals surface area contributed by atoms with E-state index >= 15 is 0 Å². The Balaban J connectivity index is 1.82. The van der Waals surface area contributed by atoms with Crippen LogP contribution in [0.3, 0.4) is 0 Å². The summed E-state index contributed by atoms with van der Waals surface area (Å²) >= 11 is 0. The number of ether oxygens (including phenoxy) is 1. The maximum atomic E-state index is 12.7. The van der Waals surface area contributed by atoms with E-state index in [0.29, 0.717) is 0 Å². The van der Waals surface area contributed by atoms with E-state index in [-0.39, 0.29) is 18.8 Å². The summed E-state index contributed by atoms with van der Waals surface area (Å²) in [6.45, 7) is -0.514. The van der Waals surface area contributed by atoms with E-state index in [1.807, 2.05) is 24.3 Å². The number of hydrogen-bond donors (Lipinski definition) is 0. The van der Waals surface area contributed by atoms with E-state index in [9.17, 15) is 18.0 Å². The van der Waals surface area contributed by atoms with Gasteiger partial charge in [0.2, 0.25) is 0 Å². The molecule has 22 heavy (non-hydrogen) atoms. The number of benzene rings is 1. The minimum absolute atomic E-state index is 0.125. The third-order valence-corrected chi connectivity index (χ3v) is 3.57. The SMILES string of the molecule is O=C(c1cc2ccccc2cn1)N1CCO[C@H](C(F)(F)F)C1. The second kappa shape index (κ2) is 5.57. The zero-order chi connectivity index (χ0) is 15.7. The van der Waals surface area contributed by atoms with Crippen molar-refractivity contribution >= 4 is 16.7 Å². The predicted molar refractivity (Wildman–Crippen MR) is 73.4 cm³/mol. The van der Waals surface area contributed by atoms with Gasteiger partial charge in [0, 0.05) is 18.1 Å². The van der Waals surface area contributed by atoms with Gasteiger partial charge in [-0.1, -0.05) is 24.3 Å². The number of hydrogen-bond acceptors (Lipinski definition) is 3. The fourth-order valence-corrected chi connectivity index (χ4v) is 2.39. The first-order chi connectivity index (χ1) is 10.4. The first-order valence-electron chi connectivity index (χ1n) is 6.77. The standard InChI is InChI=1S/C15H13F3N2O2/c16-15(17,18)13-9-20(5-6-22-13)14(21)12-7-10-3-1-2-4-11(10)8-19-12/h1-4,7-8,13H,5-6,9H2/t13-/m0/s1. The molecule has 1 saturated heterocycles. The molecular weight excluding hydrogens is 297 g/mol. The number of fused-ring (bicyclic) bond motifs is 1. The minimum Gasteiger partial charge on any atom is -0.365 e. The van der Waals surface area contributed by atoms with Gasteiger partial charge in [0.25, 0.3) is 5.91 Å². The maximum Gasteiger partial charge on any atom is 0.416 e. The molecule has 116 valence electrons. The van der Waals surface area contributed by atoms with Crippen molar-refractivity contribution < 1.29 is 22.7 Å². The van der Waals surface area contributed by atoms with Gasteiger partial charge in [0.15, 0.2) is 6.10 Å². The molecular formula is C15H13F3N2O2. The van der Waals surface area contributed by atoms with Crippen LogP contribution in [0.25, 0.3) is 10.8 Å². The van der Waals surface area contributed by atoms with E-state index in [0.717, 1.165) is 15.7 Å². The molecule has 0 bridgehead atoms. The summed E-state index contributed by atoms with van der Waals surface area (Å²) in [6.07, 6.45) is -4.87. The van der Waals surface area contributed by atoms with Crippen molar-refractivity contribution in [1.29, 1.82) is 0 Å². The molecule has 0 saturated carbocycles. The third kappa shape index (κ3) is 2.89. The Kier molecular flexibility index (Phi) is 3.74. The molecule has 0 aliphatic carbocycles. The van der Waals surface area contributed by atoms with Crippen LogP contribution in [-0.4, -0.2) is 47.8 Å². The van der Waals surface area contributed by atoms with Crippen LogP contribution in [0.2, 0.25) is 0 Å². The van der Waals surface area contributed by atoms with Crippen molar-refractivity contribution in [2.75, 3.05) is 19.7 Å². The molecule has 0 N–H and O–H groups in total. The minimum atomic E-state index is -4.48. The molecule has 7 heteroatoms. The average Bonchev–Trinajstić information content (AvgIpc) is 2.53. The van der Waals surface area contributed by atoms with E-state index in [2.05, 4.69) is 9.72 Å². The van der Waals surface area contributed by atoms with Gasteiger partial charge in [0.05, 0.1) is 13.2 Å². The summed E-state index contributed by atoms with van der Waals surface area (Å²) in [5, 5.41) is 1.69. The molecule has 1 aromatic heterocycles. The number of morpholine rings is 1. The Morgan fingerprint density at radius 2 is 2.00 bits per heavy atom. The smallest absolute Gasteiger partial charge is 0.365 e. The monoisotopic (exact) mass is 310 g/mol. The lowest BCUT2D eigenvalue weighted by Gasteiger charge is -2.33. The number of nitrogens with zero attached hydrogens (tertiary/aromatic N) is 2. The summed E-state index contributed by atoms with van der Waals surface area (Å²) in [4.78, 5) is 17.6. The van der Waals surface area contributed by atoms with Gasteiger partial charge in [-0.25, -0.2) is 0 Å². The topological polar surface area (TPSA) is 42.4 Å². The van der Waals surface area contributed by atoms with Gasteiger partial charge in [0.1, 0.15) is 5.69 Å². The zero-order valence-corrected chi connectivity index (χ0v) is 11.5. The van der Waals surface area contributed by atoms with Crippen molar-refractivity contribution in [2.24, 2.45) is 0 Å². The van der Waals surface area contributed by atoms with Crippen LogP contribution >= 0.6 is 0 Å². The van der Waals surface area contributed by atoms with Crippen molar-refractivity contribution in [1.82, 2.24) is 9.88 Å². The van der Waals surface area contributed by atoms with Gasteiger partial charge in [-0.15, -0.1) is 0 Å². The van der Waals surface area contributed by atoms with Crippen LogP contribution in [0, 0.1) is 0 Å². The maximum absolute atomic E-state index is 12.7. The number of alkyl halides is 3. The summed E-state index contributed by atoms with van der Waals surface area (Å²) in [5.74, 6) is -0.511. The van der Waals surface area contributed by atoms with Crippen LogP contribution in [-0.2, 0) is 4.74 Å². The third-order valence-electron chi connectivity index (χ3n) is 3.57. The number of aromatic nitrogens is 1. The molecule has 0 spiro atoms. The van der Waals surface area contributed by atoms with Crippen molar-refractivity contribution in [3.63, 3.8) is 0 Å². The van der Waals surface area contributed by atoms with E-state index in [4.69, 9.17) is 0 Å². The molecule has 1 aliphatic heterocycles. The van der Waals surface area contributed by atoms with Gasteiger partial charge in [-0.3, -0.25) is 9.78 Å². The number of pyridine rings is 1. The average molecular weight is 310 g/mol. The molecule has 1 aliphatic rings. The number of halogens is 3. The van der Waals surface area contributed by atoms with E-state index in [1.54, 1.807) is 12.3 Å². The van der Waals surface area contributed by atoms with Gasteiger partial charge in [-0.2, -0.15) is 13.2 Å². The predicted octanol–water partition coefficient (Wildman–Crippen LogP) is 2.64. The van der Waals surface area contributed by atoms with E-state index in [1.165, 1.54) is 0 Å². The second-order valence-corrected chi connectivity index (χ2v) is 5.07. The number of rotatable bonds is 1. The Bertz CT molecular complexity index is 702. The lowest BCUT2D eigenvalue weighted by molar-refractivity contribution is -0.233. The highest BCUT2D eigenvalue weighted by Gasteiger charge is 2.44. The summed E-state index contributed by atoms with van der Waals surface area (Å²) < 4.78 is 42.8. The molecule has 2 aromatic rings. The molecule has 1 fully saturated rings. The first kappa shape index (κ1) is 14.8.